The Morgan fingerprint density at radius 3 is 2.90 bits per heavy atom. The molecule has 1 fully saturated rings. The summed E-state index contributed by atoms with van der Waals surface area (Å²) in [5.41, 5.74) is 3.02. The maximum atomic E-state index is 5.44. The molecule has 1 aromatic rings. The number of benzene rings is 1. The minimum Gasteiger partial charge on any atom is -0.497 e. The molecule has 3 rings (SSSR count). The molecule has 1 aliphatic heterocycles. The number of aryl methyl sites for hydroxylation is 1. The third-order valence-corrected chi connectivity index (χ3v) is 5.10. The van der Waals surface area contributed by atoms with Gasteiger partial charge in [0.05, 0.1) is 7.11 Å². The first kappa shape index (κ1) is 14.9. The molecule has 0 amide bonds. The molecule has 2 unspecified atom stereocenters. The van der Waals surface area contributed by atoms with Gasteiger partial charge in [-0.2, -0.15) is 0 Å². The van der Waals surface area contributed by atoms with Gasteiger partial charge in [0.15, 0.2) is 0 Å². The number of hydrogen-bond acceptors (Lipinski definition) is 3. The number of likely N-dealkylation sites (N-methyl/N-ethyl adjacent to an activating group) is 1. The maximum absolute atomic E-state index is 5.44. The molecule has 1 saturated heterocycles. The van der Waals surface area contributed by atoms with Gasteiger partial charge in [0, 0.05) is 18.6 Å². The molecular formula is C18H28N2O. The van der Waals surface area contributed by atoms with Crippen molar-refractivity contribution in [3.63, 3.8) is 0 Å². The van der Waals surface area contributed by atoms with Crippen LogP contribution in [0.15, 0.2) is 18.2 Å². The molecule has 2 aliphatic rings. The van der Waals surface area contributed by atoms with Gasteiger partial charge in [0.2, 0.25) is 0 Å². The second kappa shape index (κ2) is 6.80. The molecule has 3 nitrogen and oxygen atoms in total. The molecule has 1 N–H and O–H groups in total. The van der Waals surface area contributed by atoms with Crippen LogP contribution in [0.5, 0.6) is 5.75 Å². The largest absolute Gasteiger partial charge is 0.497 e. The zero-order valence-electron chi connectivity index (χ0n) is 13.4. The number of ether oxygens (including phenoxy) is 1. The van der Waals surface area contributed by atoms with Gasteiger partial charge in [0.1, 0.15) is 5.75 Å². The minimum atomic E-state index is 0.566. The Hall–Kier alpha value is -1.06. The summed E-state index contributed by atoms with van der Waals surface area (Å²) in [7, 11) is 1.76. The molecule has 1 aliphatic carbocycles. The van der Waals surface area contributed by atoms with Gasteiger partial charge in [-0.15, -0.1) is 0 Å². The van der Waals surface area contributed by atoms with Crippen molar-refractivity contribution >= 4 is 0 Å². The summed E-state index contributed by atoms with van der Waals surface area (Å²) in [6.45, 7) is 5.79. The van der Waals surface area contributed by atoms with Gasteiger partial charge >= 0.3 is 0 Å². The maximum Gasteiger partial charge on any atom is 0.119 e. The van der Waals surface area contributed by atoms with E-state index >= 15 is 0 Å². The Bertz CT molecular complexity index is 468. The molecule has 1 heterocycles. The third-order valence-electron chi connectivity index (χ3n) is 5.10. The number of rotatable bonds is 5. The lowest BCUT2D eigenvalue weighted by Crippen LogP contribution is -2.40. The number of fused-ring (bicyclic) bond motifs is 1. The van der Waals surface area contributed by atoms with Gasteiger partial charge in [-0.05, 0) is 68.5 Å². The van der Waals surface area contributed by atoms with E-state index in [-0.39, 0.29) is 0 Å². The highest BCUT2D eigenvalue weighted by molar-refractivity contribution is 5.39. The zero-order chi connectivity index (χ0) is 14.7. The molecule has 0 aromatic heterocycles. The first-order valence-corrected chi connectivity index (χ1v) is 8.46. The summed E-state index contributed by atoms with van der Waals surface area (Å²) < 4.78 is 5.44. The van der Waals surface area contributed by atoms with Crippen molar-refractivity contribution in [2.75, 3.05) is 26.7 Å². The Morgan fingerprint density at radius 2 is 2.19 bits per heavy atom. The van der Waals surface area contributed by atoms with Crippen LogP contribution in [-0.4, -0.2) is 37.7 Å². The molecule has 0 spiro atoms. The van der Waals surface area contributed by atoms with E-state index in [1.54, 1.807) is 7.11 Å². The van der Waals surface area contributed by atoms with Crippen LogP contribution in [0.4, 0.5) is 0 Å². The van der Waals surface area contributed by atoms with Gasteiger partial charge in [0.25, 0.3) is 0 Å². The second-order valence-electron chi connectivity index (χ2n) is 6.35. The summed E-state index contributed by atoms with van der Waals surface area (Å²) in [5.74, 6) is 0.996. The standard InChI is InChI=1S/C18H28N2O/c1-3-20(13-15-7-5-11-19-15)18-8-4-6-14-9-10-16(21-2)12-17(14)18/h9-10,12,15,18-19H,3-8,11,13H2,1-2H3. The first-order chi connectivity index (χ1) is 10.3. The molecule has 21 heavy (non-hydrogen) atoms. The molecule has 0 bridgehead atoms. The lowest BCUT2D eigenvalue weighted by molar-refractivity contribution is 0.172. The molecule has 1 aromatic carbocycles. The monoisotopic (exact) mass is 288 g/mol. The fourth-order valence-electron chi connectivity index (χ4n) is 3.93. The van der Waals surface area contributed by atoms with Crippen molar-refractivity contribution in [1.82, 2.24) is 10.2 Å². The van der Waals surface area contributed by atoms with Crippen molar-refractivity contribution in [3.8, 4) is 5.75 Å². The van der Waals surface area contributed by atoms with E-state index in [0.29, 0.717) is 12.1 Å². The van der Waals surface area contributed by atoms with Crippen LogP contribution in [0, 0.1) is 0 Å². The van der Waals surface area contributed by atoms with E-state index < -0.39 is 0 Å². The van der Waals surface area contributed by atoms with E-state index in [2.05, 4.69) is 35.3 Å². The van der Waals surface area contributed by atoms with Crippen molar-refractivity contribution in [3.05, 3.63) is 29.3 Å². The van der Waals surface area contributed by atoms with Crippen LogP contribution in [0.25, 0.3) is 0 Å². The number of nitrogens with one attached hydrogen (secondary N) is 1. The van der Waals surface area contributed by atoms with Crippen LogP contribution in [0.2, 0.25) is 0 Å². The molecular weight excluding hydrogens is 260 g/mol. The summed E-state index contributed by atoms with van der Waals surface area (Å²) in [4.78, 5) is 2.67. The summed E-state index contributed by atoms with van der Waals surface area (Å²) in [5, 5.41) is 3.64. The molecule has 0 radical (unpaired) electrons. The van der Waals surface area contributed by atoms with Gasteiger partial charge in [-0.25, -0.2) is 0 Å². The summed E-state index contributed by atoms with van der Waals surface area (Å²) in [6.07, 6.45) is 6.46. The Balaban J connectivity index is 1.80. The number of hydrogen-bond donors (Lipinski definition) is 1. The van der Waals surface area contributed by atoms with Gasteiger partial charge in [-0.3, -0.25) is 4.90 Å². The Labute approximate surface area is 128 Å². The first-order valence-electron chi connectivity index (χ1n) is 8.46. The van der Waals surface area contributed by atoms with E-state index in [1.165, 1.54) is 56.3 Å². The van der Waals surface area contributed by atoms with Crippen LogP contribution in [0.1, 0.15) is 49.8 Å². The van der Waals surface area contributed by atoms with Crippen molar-refractivity contribution in [2.24, 2.45) is 0 Å². The average molecular weight is 288 g/mol. The van der Waals surface area contributed by atoms with Crippen LogP contribution in [-0.2, 0) is 6.42 Å². The zero-order valence-corrected chi connectivity index (χ0v) is 13.4. The van der Waals surface area contributed by atoms with Crippen LogP contribution < -0.4 is 10.1 Å². The topological polar surface area (TPSA) is 24.5 Å². The normalized spacial score (nSPS) is 25.1. The lowest BCUT2D eigenvalue weighted by atomic mass is 9.86. The predicted molar refractivity (Wildman–Crippen MR) is 86.9 cm³/mol. The Morgan fingerprint density at radius 1 is 1.29 bits per heavy atom. The minimum absolute atomic E-state index is 0.566. The molecule has 2 atom stereocenters. The summed E-state index contributed by atoms with van der Waals surface area (Å²) >= 11 is 0. The molecule has 0 saturated carbocycles. The number of nitrogens with zero attached hydrogens (tertiary/aromatic N) is 1. The second-order valence-corrected chi connectivity index (χ2v) is 6.35. The summed E-state index contributed by atoms with van der Waals surface area (Å²) in [6, 6.07) is 7.89. The van der Waals surface area contributed by atoms with E-state index in [4.69, 9.17) is 4.74 Å². The fraction of sp³-hybridized carbons (Fsp3) is 0.667. The van der Waals surface area contributed by atoms with Gasteiger partial charge < -0.3 is 10.1 Å². The third kappa shape index (κ3) is 3.24. The fourth-order valence-corrected chi connectivity index (χ4v) is 3.93. The lowest BCUT2D eigenvalue weighted by Gasteiger charge is -2.37. The highest BCUT2D eigenvalue weighted by Gasteiger charge is 2.28. The smallest absolute Gasteiger partial charge is 0.119 e. The van der Waals surface area contributed by atoms with E-state index in [9.17, 15) is 0 Å². The molecule has 116 valence electrons. The van der Waals surface area contributed by atoms with Gasteiger partial charge in [-0.1, -0.05) is 13.0 Å². The predicted octanol–water partition coefficient (Wildman–Crippen LogP) is 3.15. The van der Waals surface area contributed by atoms with E-state index in [0.717, 1.165) is 12.3 Å². The highest BCUT2D eigenvalue weighted by atomic mass is 16.5. The SMILES string of the molecule is CCN(CC1CCCN1)C1CCCc2ccc(OC)cc21. The Kier molecular flexibility index (Phi) is 4.81. The number of methoxy groups -OCH3 is 1. The average Bonchev–Trinajstić information content (AvgIpc) is 3.04. The highest BCUT2D eigenvalue weighted by Crippen LogP contribution is 2.36. The van der Waals surface area contributed by atoms with E-state index in [1.807, 2.05) is 0 Å². The van der Waals surface area contributed by atoms with Crippen molar-refractivity contribution in [2.45, 2.75) is 51.1 Å². The molecule has 3 heteroatoms. The van der Waals surface area contributed by atoms with Crippen LogP contribution >= 0.6 is 0 Å². The van der Waals surface area contributed by atoms with Crippen molar-refractivity contribution < 1.29 is 4.74 Å². The quantitative estimate of drug-likeness (QED) is 0.901. The van der Waals surface area contributed by atoms with Crippen LogP contribution in [0.3, 0.4) is 0 Å². The van der Waals surface area contributed by atoms with Crippen molar-refractivity contribution in [1.29, 1.82) is 0 Å².